The van der Waals surface area contributed by atoms with E-state index >= 15 is 0 Å². The van der Waals surface area contributed by atoms with Gasteiger partial charge in [-0.1, -0.05) is 126 Å². The average molecular weight is 542 g/mol. The molecule has 0 aliphatic heterocycles. The van der Waals surface area contributed by atoms with Gasteiger partial charge in [0.15, 0.2) is 0 Å². The Labute approximate surface area is 243 Å². The summed E-state index contributed by atoms with van der Waals surface area (Å²) in [7, 11) is 0. The van der Waals surface area contributed by atoms with Crippen molar-refractivity contribution in [1.82, 2.24) is 0 Å². The van der Waals surface area contributed by atoms with Crippen LogP contribution in [0.1, 0.15) is 112 Å². The van der Waals surface area contributed by atoms with E-state index < -0.39 is 5.97 Å². The van der Waals surface area contributed by atoms with E-state index in [1.54, 1.807) is 12.1 Å². The molecular formula is C37H51NO2. The highest BCUT2D eigenvalue weighted by Crippen LogP contribution is 2.47. The number of carboxylic acid groups (broad SMARTS) is 1. The molecule has 0 aromatic heterocycles. The number of aromatic carboxylic acids is 1. The van der Waals surface area contributed by atoms with Crippen LogP contribution in [0.2, 0.25) is 0 Å². The fourth-order valence-electron chi connectivity index (χ4n) is 6.26. The summed E-state index contributed by atoms with van der Waals surface area (Å²) in [5.74, 6) is -1.05. The predicted molar refractivity (Wildman–Crippen MR) is 168 cm³/mol. The fraction of sp³-hybridized carbons (Fsp3) is 0.486. The molecule has 4 rings (SSSR count). The molecule has 1 aliphatic rings. The maximum atomic E-state index is 11.6. The van der Waals surface area contributed by atoms with Crippen molar-refractivity contribution in [2.75, 3.05) is 26.2 Å². The second-order valence-corrected chi connectivity index (χ2v) is 11.5. The largest absolute Gasteiger partial charge is 0.545 e. The zero-order chi connectivity index (χ0) is 28.8. The summed E-state index contributed by atoms with van der Waals surface area (Å²) < 4.78 is 1.42. The van der Waals surface area contributed by atoms with Crippen molar-refractivity contribution in [3.8, 4) is 11.1 Å². The Hall–Kier alpha value is -2.91. The SMILES string of the molecule is CCCC[N+](CCCC)(CCCC)CCCC.O=C([O-])c1cccc2c1C(Cc1ccccc1)c1ccccc1-2. The van der Waals surface area contributed by atoms with Crippen LogP contribution >= 0.6 is 0 Å². The minimum absolute atomic E-state index is 0.0534. The van der Waals surface area contributed by atoms with E-state index in [0.29, 0.717) is 5.56 Å². The van der Waals surface area contributed by atoms with Gasteiger partial charge in [0.1, 0.15) is 0 Å². The third kappa shape index (κ3) is 8.30. The highest BCUT2D eigenvalue weighted by molar-refractivity contribution is 5.94. The van der Waals surface area contributed by atoms with Crippen molar-refractivity contribution in [3.63, 3.8) is 0 Å². The molecule has 3 nitrogen and oxygen atoms in total. The molecule has 3 heteroatoms. The van der Waals surface area contributed by atoms with Gasteiger partial charge < -0.3 is 14.4 Å². The summed E-state index contributed by atoms with van der Waals surface area (Å²) in [6, 6.07) is 23.8. The molecule has 1 atom stereocenters. The van der Waals surface area contributed by atoms with E-state index in [1.165, 1.54) is 93.2 Å². The van der Waals surface area contributed by atoms with Crippen molar-refractivity contribution in [1.29, 1.82) is 0 Å². The average Bonchev–Trinajstić information content (AvgIpc) is 3.30. The number of hydrogen-bond acceptors (Lipinski definition) is 2. The third-order valence-corrected chi connectivity index (χ3v) is 8.53. The molecule has 0 N–H and O–H groups in total. The second-order valence-electron chi connectivity index (χ2n) is 11.5. The van der Waals surface area contributed by atoms with Crippen LogP contribution in [0.5, 0.6) is 0 Å². The Morgan fingerprint density at radius 2 is 1.15 bits per heavy atom. The Kier molecular flexibility index (Phi) is 12.9. The molecule has 0 amide bonds. The van der Waals surface area contributed by atoms with Gasteiger partial charge in [-0.15, -0.1) is 0 Å². The monoisotopic (exact) mass is 541 g/mol. The molecule has 216 valence electrons. The zero-order valence-corrected chi connectivity index (χ0v) is 25.5. The number of carbonyl (C=O) groups is 1. The maximum absolute atomic E-state index is 11.6. The first kappa shape index (κ1) is 31.6. The van der Waals surface area contributed by atoms with Crippen LogP contribution in [0.4, 0.5) is 0 Å². The minimum Gasteiger partial charge on any atom is -0.545 e. The lowest BCUT2D eigenvalue weighted by atomic mass is 9.87. The summed E-state index contributed by atoms with van der Waals surface area (Å²) in [6.45, 7) is 15.0. The van der Waals surface area contributed by atoms with Gasteiger partial charge in [0.05, 0.1) is 32.1 Å². The van der Waals surface area contributed by atoms with Crippen molar-refractivity contribution in [2.24, 2.45) is 0 Å². The first-order valence-electron chi connectivity index (χ1n) is 15.8. The molecule has 0 heterocycles. The number of unbranched alkanes of at least 4 members (excludes halogenated alkanes) is 4. The highest BCUT2D eigenvalue weighted by atomic mass is 16.4. The molecule has 0 radical (unpaired) electrons. The predicted octanol–water partition coefficient (Wildman–Crippen LogP) is 8.41. The normalized spacial score (nSPS) is 13.8. The van der Waals surface area contributed by atoms with Crippen LogP contribution in [-0.2, 0) is 6.42 Å². The van der Waals surface area contributed by atoms with Crippen LogP contribution in [0, 0.1) is 0 Å². The molecule has 0 saturated heterocycles. The van der Waals surface area contributed by atoms with Crippen molar-refractivity contribution in [3.05, 3.63) is 95.1 Å². The van der Waals surface area contributed by atoms with Crippen LogP contribution in [0.15, 0.2) is 72.8 Å². The van der Waals surface area contributed by atoms with Gasteiger partial charge in [0.2, 0.25) is 0 Å². The Morgan fingerprint density at radius 3 is 1.68 bits per heavy atom. The smallest absolute Gasteiger partial charge is 0.0786 e. The van der Waals surface area contributed by atoms with Crippen molar-refractivity contribution in [2.45, 2.75) is 91.4 Å². The summed E-state index contributed by atoms with van der Waals surface area (Å²) in [4.78, 5) is 11.6. The first-order chi connectivity index (χ1) is 19.5. The third-order valence-electron chi connectivity index (χ3n) is 8.53. The van der Waals surface area contributed by atoms with E-state index in [9.17, 15) is 9.90 Å². The quantitative estimate of drug-likeness (QED) is 0.181. The van der Waals surface area contributed by atoms with Crippen molar-refractivity contribution < 1.29 is 14.4 Å². The van der Waals surface area contributed by atoms with Crippen LogP contribution < -0.4 is 5.11 Å². The summed E-state index contributed by atoms with van der Waals surface area (Å²) in [6.07, 6.45) is 11.8. The molecule has 3 aromatic rings. The number of hydrogen-bond donors (Lipinski definition) is 0. The summed E-state index contributed by atoms with van der Waals surface area (Å²) in [5.41, 5.74) is 5.74. The standard InChI is InChI=1S/C21H16O2.C16H36N/c22-21(23)18-12-6-11-17-15-9-4-5-10-16(15)19(20(17)18)13-14-7-2-1-3-8-14;1-5-9-13-17(14-10-6-2,15-11-7-3)16-12-8-4/h1-12,19H,13H2,(H,22,23);5-16H2,1-4H3/q;+1/p-1. The second kappa shape index (κ2) is 16.4. The molecule has 1 unspecified atom stereocenters. The van der Waals surface area contributed by atoms with Gasteiger partial charge in [-0.25, -0.2) is 0 Å². The molecular weight excluding hydrogens is 490 g/mol. The van der Waals surface area contributed by atoms with Crippen LogP contribution in [0.3, 0.4) is 0 Å². The van der Waals surface area contributed by atoms with Gasteiger partial charge in [-0.3, -0.25) is 0 Å². The molecule has 1 aliphatic carbocycles. The van der Waals surface area contributed by atoms with Crippen LogP contribution in [0.25, 0.3) is 11.1 Å². The number of quaternary nitrogens is 1. The number of fused-ring (bicyclic) bond motifs is 3. The van der Waals surface area contributed by atoms with E-state index in [0.717, 1.165) is 23.1 Å². The number of benzene rings is 3. The Bertz CT molecular complexity index is 1130. The van der Waals surface area contributed by atoms with Gasteiger partial charge in [-0.2, -0.15) is 0 Å². The van der Waals surface area contributed by atoms with Gasteiger partial charge >= 0.3 is 0 Å². The van der Waals surface area contributed by atoms with Gasteiger partial charge in [0, 0.05) is 11.5 Å². The highest BCUT2D eigenvalue weighted by Gasteiger charge is 2.30. The van der Waals surface area contributed by atoms with Crippen molar-refractivity contribution >= 4 is 5.97 Å². The molecule has 0 fully saturated rings. The maximum Gasteiger partial charge on any atom is 0.0786 e. The molecule has 3 aromatic carbocycles. The Balaban J connectivity index is 0.000000234. The van der Waals surface area contributed by atoms with Gasteiger partial charge in [0.25, 0.3) is 0 Å². The number of carboxylic acids is 1. The first-order valence-corrected chi connectivity index (χ1v) is 15.8. The molecule has 0 saturated carbocycles. The van der Waals surface area contributed by atoms with E-state index in [-0.39, 0.29) is 5.92 Å². The Morgan fingerprint density at radius 1 is 0.650 bits per heavy atom. The number of carbonyl (C=O) groups excluding carboxylic acids is 1. The van der Waals surface area contributed by atoms with E-state index in [1.807, 2.05) is 36.4 Å². The molecule has 0 bridgehead atoms. The van der Waals surface area contributed by atoms with E-state index in [2.05, 4.69) is 52.0 Å². The van der Waals surface area contributed by atoms with E-state index in [4.69, 9.17) is 0 Å². The summed E-state index contributed by atoms with van der Waals surface area (Å²) >= 11 is 0. The lowest BCUT2D eigenvalue weighted by Gasteiger charge is -2.39. The van der Waals surface area contributed by atoms with Crippen LogP contribution in [-0.4, -0.2) is 36.6 Å². The molecule has 0 spiro atoms. The fourth-order valence-corrected chi connectivity index (χ4v) is 6.26. The van der Waals surface area contributed by atoms with Gasteiger partial charge in [-0.05, 0) is 59.9 Å². The lowest BCUT2D eigenvalue weighted by Crippen LogP contribution is -2.50. The molecule has 40 heavy (non-hydrogen) atoms. The lowest BCUT2D eigenvalue weighted by molar-refractivity contribution is -0.929. The summed E-state index contributed by atoms with van der Waals surface area (Å²) in [5, 5.41) is 11.6. The topological polar surface area (TPSA) is 40.1 Å². The number of rotatable bonds is 15. The number of nitrogens with zero attached hydrogens (tertiary/aromatic N) is 1. The zero-order valence-electron chi connectivity index (χ0n) is 25.5. The minimum atomic E-state index is -1.10.